The maximum absolute atomic E-state index is 9.52. The van der Waals surface area contributed by atoms with Gasteiger partial charge in [0.2, 0.25) is 11.7 Å². The van der Waals surface area contributed by atoms with Crippen LogP contribution in [0.4, 0.5) is 0 Å². The van der Waals surface area contributed by atoms with E-state index in [4.69, 9.17) is 9.26 Å². The molecule has 4 rings (SSSR count). The number of ether oxygens (including phenoxy) is 1. The third-order valence-corrected chi connectivity index (χ3v) is 3.80. The summed E-state index contributed by atoms with van der Waals surface area (Å²) in [5, 5.41) is 16.7. The van der Waals surface area contributed by atoms with Crippen molar-refractivity contribution in [3.05, 3.63) is 41.5 Å². The Morgan fingerprint density at radius 3 is 3.00 bits per heavy atom. The minimum absolute atomic E-state index is 0.0602. The van der Waals surface area contributed by atoms with Crippen LogP contribution < -0.4 is 10.1 Å². The van der Waals surface area contributed by atoms with E-state index >= 15 is 0 Å². The van der Waals surface area contributed by atoms with Crippen molar-refractivity contribution in [3.63, 3.8) is 0 Å². The van der Waals surface area contributed by atoms with Crippen molar-refractivity contribution in [1.82, 2.24) is 15.5 Å². The van der Waals surface area contributed by atoms with Gasteiger partial charge in [0.25, 0.3) is 0 Å². The average Bonchev–Trinajstić information content (AvgIpc) is 3.16. The summed E-state index contributed by atoms with van der Waals surface area (Å²) < 4.78 is 11.1. The molecule has 2 aromatic rings. The predicted molar refractivity (Wildman–Crippen MR) is 69.2 cm³/mol. The highest BCUT2D eigenvalue weighted by Crippen LogP contribution is 2.35. The van der Waals surface area contributed by atoms with Crippen LogP contribution in [0.1, 0.15) is 35.8 Å². The molecule has 0 spiro atoms. The molecular formula is C14H15N3O3. The van der Waals surface area contributed by atoms with Gasteiger partial charge in [-0.05, 0) is 18.1 Å². The van der Waals surface area contributed by atoms with Crippen molar-refractivity contribution >= 4 is 0 Å². The van der Waals surface area contributed by atoms with Crippen LogP contribution >= 0.6 is 0 Å². The highest BCUT2D eigenvalue weighted by Gasteiger charge is 2.32. The summed E-state index contributed by atoms with van der Waals surface area (Å²) in [7, 11) is 0. The van der Waals surface area contributed by atoms with Crippen molar-refractivity contribution < 1.29 is 14.4 Å². The lowest BCUT2D eigenvalue weighted by Gasteiger charge is -2.05. The number of nitrogens with one attached hydrogen (secondary N) is 1. The Morgan fingerprint density at radius 2 is 2.20 bits per heavy atom. The first-order valence-corrected chi connectivity index (χ1v) is 6.79. The van der Waals surface area contributed by atoms with Crippen molar-refractivity contribution in [2.75, 3.05) is 6.54 Å². The lowest BCUT2D eigenvalue weighted by Crippen LogP contribution is -2.15. The molecule has 104 valence electrons. The molecule has 3 heterocycles. The number of aromatic nitrogens is 2. The van der Waals surface area contributed by atoms with Crippen LogP contribution in [0.3, 0.4) is 0 Å². The molecule has 0 amide bonds. The zero-order chi connectivity index (χ0) is 13.5. The number of aliphatic hydroxyl groups excluding tert-OH is 1. The van der Waals surface area contributed by atoms with Crippen molar-refractivity contribution in [3.8, 4) is 5.75 Å². The van der Waals surface area contributed by atoms with Gasteiger partial charge in [-0.25, -0.2) is 0 Å². The minimum atomic E-state index is -0.345. The SMILES string of the molecule is O[C@@H]1CN[C@H](c2nc(C3Cc4ccccc4O3)no2)C1. The van der Waals surface area contributed by atoms with Gasteiger partial charge in [0.1, 0.15) is 5.75 Å². The summed E-state index contributed by atoms with van der Waals surface area (Å²) in [6.45, 7) is 0.563. The molecule has 1 fully saturated rings. The molecular weight excluding hydrogens is 258 g/mol. The van der Waals surface area contributed by atoms with E-state index in [0.29, 0.717) is 24.7 Å². The summed E-state index contributed by atoms with van der Waals surface area (Å²) in [6, 6.07) is 7.88. The second kappa shape index (κ2) is 4.57. The number of aliphatic hydroxyl groups is 1. The molecule has 0 bridgehead atoms. The highest BCUT2D eigenvalue weighted by atomic mass is 16.5. The number of benzene rings is 1. The summed E-state index contributed by atoms with van der Waals surface area (Å²) in [5.41, 5.74) is 1.17. The Labute approximate surface area is 115 Å². The van der Waals surface area contributed by atoms with Crippen LogP contribution in [-0.4, -0.2) is 27.9 Å². The fourth-order valence-corrected chi connectivity index (χ4v) is 2.75. The third-order valence-electron chi connectivity index (χ3n) is 3.80. The Kier molecular flexibility index (Phi) is 2.71. The van der Waals surface area contributed by atoms with Gasteiger partial charge < -0.3 is 19.7 Å². The zero-order valence-electron chi connectivity index (χ0n) is 10.8. The summed E-state index contributed by atoms with van der Waals surface area (Å²) >= 11 is 0. The molecule has 1 aromatic heterocycles. The van der Waals surface area contributed by atoms with E-state index in [1.54, 1.807) is 0 Å². The van der Waals surface area contributed by atoms with Gasteiger partial charge in [-0.15, -0.1) is 0 Å². The van der Waals surface area contributed by atoms with Crippen LogP contribution in [0.2, 0.25) is 0 Å². The molecule has 0 saturated carbocycles. The Hall–Kier alpha value is -1.92. The first-order valence-electron chi connectivity index (χ1n) is 6.79. The van der Waals surface area contributed by atoms with Gasteiger partial charge in [0, 0.05) is 13.0 Å². The number of rotatable bonds is 2. The lowest BCUT2D eigenvalue weighted by atomic mass is 10.1. The predicted octanol–water partition coefficient (Wildman–Crippen LogP) is 1.14. The molecule has 3 atom stereocenters. The minimum Gasteiger partial charge on any atom is -0.482 e. The average molecular weight is 273 g/mol. The van der Waals surface area contributed by atoms with Gasteiger partial charge in [0.05, 0.1) is 12.1 Å². The van der Waals surface area contributed by atoms with E-state index < -0.39 is 0 Å². The van der Waals surface area contributed by atoms with Crippen LogP contribution in [0, 0.1) is 0 Å². The number of hydrogen-bond acceptors (Lipinski definition) is 6. The van der Waals surface area contributed by atoms with Crippen molar-refractivity contribution in [1.29, 1.82) is 0 Å². The summed E-state index contributed by atoms with van der Waals surface area (Å²) in [4.78, 5) is 4.42. The lowest BCUT2D eigenvalue weighted by molar-refractivity contribution is 0.190. The molecule has 2 aliphatic heterocycles. The Morgan fingerprint density at radius 1 is 1.30 bits per heavy atom. The molecule has 1 aromatic carbocycles. The second-order valence-electron chi connectivity index (χ2n) is 5.26. The largest absolute Gasteiger partial charge is 0.482 e. The molecule has 0 radical (unpaired) electrons. The number of nitrogens with zero attached hydrogens (tertiary/aromatic N) is 2. The number of β-amino-alcohol motifs (C(OH)–C–C–N with tert-alkyl or cyclic N) is 1. The van der Waals surface area contributed by atoms with Crippen LogP contribution in [-0.2, 0) is 6.42 Å². The van der Waals surface area contributed by atoms with E-state index in [-0.39, 0.29) is 18.2 Å². The highest BCUT2D eigenvalue weighted by molar-refractivity contribution is 5.37. The molecule has 6 nitrogen and oxygen atoms in total. The van der Waals surface area contributed by atoms with Crippen LogP contribution in [0.5, 0.6) is 5.75 Å². The van der Waals surface area contributed by atoms with Crippen molar-refractivity contribution in [2.45, 2.75) is 31.1 Å². The quantitative estimate of drug-likeness (QED) is 0.854. The smallest absolute Gasteiger partial charge is 0.244 e. The van der Waals surface area contributed by atoms with E-state index in [1.807, 2.05) is 24.3 Å². The fraction of sp³-hybridized carbons (Fsp3) is 0.429. The molecule has 0 aliphatic carbocycles. The topological polar surface area (TPSA) is 80.4 Å². The number of fused-ring (bicyclic) bond motifs is 1. The second-order valence-corrected chi connectivity index (χ2v) is 5.26. The van der Waals surface area contributed by atoms with Gasteiger partial charge >= 0.3 is 0 Å². The first-order chi connectivity index (χ1) is 9.79. The van der Waals surface area contributed by atoms with Gasteiger partial charge in [0.15, 0.2) is 6.10 Å². The molecule has 6 heteroatoms. The van der Waals surface area contributed by atoms with Crippen molar-refractivity contribution in [2.24, 2.45) is 0 Å². The molecule has 2 aliphatic rings. The van der Waals surface area contributed by atoms with E-state index in [9.17, 15) is 5.11 Å². The monoisotopic (exact) mass is 273 g/mol. The van der Waals surface area contributed by atoms with Gasteiger partial charge in [-0.3, -0.25) is 0 Å². The van der Waals surface area contributed by atoms with Crippen LogP contribution in [0.25, 0.3) is 0 Å². The summed E-state index contributed by atoms with van der Waals surface area (Å²) in [5.74, 6) is 1.98. The van der Waals surface area contributed by atoms with Gasteiger partial charge in [-0.1, -0.05) is 23.4 Å². The zero-order valence-corrected chi connectivity index (χ0v) is 10.8. The third kappa shape index (κ3) is 1.97. The molecule has 20 heavy (non-hydrogen) atoms. The molecule has 1 unspecified atom stereocenters. The first kappa shape index (κ1) is 11.9. The number of hydrogen-bond donors (Lipinski definition) is 2. The maximum atomic E-state index is 9.52. The maximum Gasteiger partial charge on any atom is 0.244 e. The molecule has 2 N–H and O–H groups in total. The van der Waals surface area contributed by atoms with E-state index in [1.165, 1.54) is 5.56 Å². The summed E-state index contributed by atoms with van der Waals surface area (Å²) in [6.07, 6.45) is 0.835. The molecule has 1 saturated heterocycles. The standard InChI is InChI=1S/C14H15N3O3/c18-9-6-10(15-7-9)14-16-13(17-20-14)12-5-8-3-1-2-4-11(8)19-12/h1-4,9-10,12,15,18H,5-7H2/t9-,10-,12?/m0/s1. The fourth-order valence-electron chi connectivity index (χ4n) is 2.75. The van der Waals surface area contributed by atoms with E-state index in [2.05, 4.69) is 15.5 Å². The number of para-hydroxylation sites is 1. The normalized spacial score (nSPS) is 28.4. The Balaban J connectivity index is 1.52. The Bertz CT molecular complexity index is 603. The van der Waals surface area contributed by atoms with Gasteiger partial charge in [-0.2, -0.15) is 4.98 Å². The van der Waals surface area contributed by atoms with E-state index in [0.717, 1.165) is 12.2 Å². The van der Waals surface area contributed by atoms with Crippen LogP contribution in [0.15, 0.2) is 28.8 Å².